The molecule has 0 spiro atoms. The number of hydrogen-bond donors (Lipinski definition) is 1. The van der Waals surface area contributed by atoms with Gasteiger partial charge in [0.25, 0.3) is 17.4 Å². The molecule has 0 radical (unpaired) electrons. The number of halogens is 4. The molecule has 0 saturated heterocycles. The van der Waals surface area contributed by atoms with E-state index < -0.39 is 23.7 Å². The Kier molecular flexibility index (Phi) is 8.02. The van der Waals surface area contributed by atoms with Gasteiger partial charge in [0, 0.05) is 39.8 Å². The molecule has 2 aromatic carbocycles. The highest BCUT2D eigenvalue weighted by molar-refractivity contribution is 9.10. The van der Waals surface area contributed by atoms with Crippen LogP contribution >= 0.6 is 15.9 Å². The Morgan fingerprint density at radius 3 is 2.37 bits per heavy atom. The van der Waals surface area contributed by atoms with Gasteiger partial charge >= 0.3 is 6.18 Å². The summed E-state index contributed by atoms with van der Waals surface area (Å²) >= 11 is 2.93. The molecule has 1 atom stereocenters. The van der Waals surface area contributed by atoms with Gasteiger partial charge in [-0.2, -0.15) is 18.3 Å². The van der Waals surface area contributed by atoms with Crippen LogP contribution in [0.4, 0.5) is 13.2 Å². The number of benzene rings is 2. The van der Waals surface area contributed by atoms with Crippen LogP contribution in [-0.4, -0.2) is 44.0 Å². The van der Waals surface area contributed by atoms with E-state index in [9.17, 15) is 27.6 Å². The van der Waals surface area contributed by atoms with Gasteiger partial charge in [0.15, 0.2) is 0 Å². The molecule has 2 amide bonds. The molecule has 5 rings (SSSR count). The number of carbonyl (C=O) groups excluding carboxylic acids is 2. The first-order chi connectivity index (χ1) is 20.2. The molecule has 0 saturated carbocycles. The Bertz CT molecular complexity index is 1810. The molecule has 1 aliphatic heterocycles. The van der Waals surface area contributed by atoms with Gasteiger partial charge in [-0.25, -0.2) is 4.52 Å². The summed E-state index contributed by atoms with van der Waals surface area (Å²) in [6.45, 7) is 7.77. The highest BCUT2D eigenvalue weighted by Crippen LogP contribution is 2.36. The minimum atomic E-state index is -4.63. The fourth-order valence-electron chi connectivity index (χ4n) is 5.64. The maximum atomic E-state index is 14.2. The third kappa shape index (κ3) is 5.48. The third-order valence-corrected chi connectivity index (χ3v) is 8.48. The van der Waals surface area contributed by atoms with Crippen molar-refractivity contribution in [3.8, 4) is 5.69 Å². The number of nitrogens with one attached hydrogen (secondary N) is 1. The van der Waals surface area contributed by atoms with Gasteiger partial charge in [0.05, 0.1) is 29.2 Å². The van der Waals surface area contributed by atoms with Crippen molar-refractivity contribution < 1.29 is 22.8 Å². The van der Waals surface area contributed by atoms with Crippen LogP contribution in [0.3, 0.4) is 0 Å². The largest absolute Gasteiger partial charge is 0.417 e. The third-order valence-electron chi connectivity index (χ3n) is 7.79. The second-order valence-electron chi connectivity index (χ2n) is 11.3. The highest BCUT2D eigenvalue weighted by Gasteiger charge is 2.36. The number of alkyl halides is 3. The first kappa shape index (κ1) is 30.5. The van der Waals surface area contributed by atoms with Crippen LogP contribution in [0.1, 0.15) is 69.6 Å². The number of nitrogens with zero attached hydrogens (tertiary/aromatic N) is 4. The van der Waals surface area contributed by atoms with Crippen LogP contribution in [0, 0.1) is 12.8 Å². The van der Waals surface area contributed by atoms with E-state index in [2.05, 4.69) is 35.1 Å². The van der Waals surface area contributed by atoms with E-state index in [1.165, 1.54) is 17.0 Å². The Hall–Kier alpha value is -3.93. The molecule has 0 aliphatic carbocycles. The van der Waals surface area contributed by atoms with Crippen LogP contribution in [0.25, 0.3) is 11.3 Å². The van der Waals surface area contributed by atoms with Crippen molar-refractivity contribution in [1.82, 2.24) is 24.4 Å². The first-order valence-electron chi connectivity index (χ1n) is 13.9. The fourth-order valence-corrected chi connectivity index (χ4v) is 6.12. The minimum absolute atomic E-state index is 0.00280. The van der Waals surface area contributed by atoms with Crippen molar-refractivity contribution >= 4 is 33.4 Å². The second kappa shape index (κ2) is 11.3. The van der Waals surface area contributed by atoms with Crippen molar-refractivity contribution in [2.75, 3.05) is 7.05 Å². The lowest BCUT2D eigenvalue weighted by Crippen LogP contribution is -2.46. The minimum Gasteiger partial charge on any atom is -0.355 e. The Balaban J connectivity index is 1.68. The topological polar surface area (TPSA) is 88.7 Å². The monoisotopic (exact) mass is 657 g/mol. The Morgan fingerprint density at radius 2 is 1.77 bits per heavy atom. The molecule has 1 aliphatic rings. The quantitative estimate of drug-likeness (QED) is 0.297. The zero-order valence-electron chi connectivity index (χ0n) is 24.3. The summed E-state index contributed by atoms with van der Waals surface area (Å²) in [6.07, 6.45) is -3.81. The molecule has 12 heteroatoms. The van der Waals surface area contributed by atoms with Crippen LogP contribution in [0.5, 0.6) is 0 Å². The summed E-state index contributed by atoms with van der Waals surface area (Å²) in [5, 5.41) is 7.40. The van der Waals surface area contributed by atoms with Crippen LogP contribution in [0.2, 0.25) is 0 Å². The van der Waals surface area contributed by atoms with Crippen LogP contribution < -0.4 is 10.9 Å². The maximum absolute atomic E-state index is 14.2. The molecule has 0 bridgehead atoms. The number of aryl methyl sites for hydroxylation is 1. The summed E-state index contributed by atoms with van der Waals surface area (Å²) < 4.78 is 43.9. The highest BCUT2D eigenvalue weighted by atomic mass is 79.9. The van der Waals surface area contributed by atoms with E-state index in [1.807, 2.05) is 6.92 Å². The summed E-state index contributed by atoms with van der Waals surface area (Å²) in [5.74, 6) is -0.563. The van der Waals surface area contributed by atoms with Gasteiger partial charge in [-0.05, 0) is 75.1 Å². The first-order valence-corrected chi connectivity index (χ1v) is 14.7. The number of aromatic nitrogens is 3. The lowest BCUT2D eigenvalue weighted by atomic mass is 9.97. The predicted molar refractivity (Wildman–Crippen MR) is 160 cm³/mol. The van der Waals surface area contributed by atoms with Crippen molar-refractivity contribution in [1.29, 1.82) is 0 Å². The molecule has 0 fully saturated rings. The Morgan fingerprint density at radius 1 is 1.12 bits per heavy atom. The molecule has 2 aromatic heterocycles. The summed E-state index contributed by atoms with van der Waals surface area (Å²) in [7, 11) is 1.54. The van der Waals surface area contributed by atoms with Gasteiger partial charge in [-0.1, -0.05) is 29.8 Å². The van der Waals surface area contributed by atoms with Gasteiger partial charge in [0.1, 0.15) is 5.65 Å². The second-order valence-corrected chi connectivity index (χ2v) is 12.1. The van der Waals surface area contributed by atoms with E-state index in [0.29, 0.717) is 34.6 Å². The lowest BCUT2D eigenvalue weighted by Gasteiger charge is -2.35. The van der Waals surface area contributed by atoms with Crippen molar-refractivity contribution in [3.05, 3.63) is 96.5 Å². The molecule has 3 heterocycles. The number of carbonyl (C=O) groups is 2. The van der Waals surface area contributed by atoms with Crippen molar-refractivity contribution in [2.45, 2.75) is 59.3 Å². The van der Waals surface area contributed by atoms with Gasteiger partial charge < -0.3 is 10.2 Å². The number of rotatable bonds is 5. The van der Waals surface area contributed by atoms with Crippen molar-refractivity contribution in [3.63, 3.8) is 0 Å². The van der Waals surface area contributed by atoms with Crippen molar-refractivity contribution in [2.24, 2.45) is 5.92 Å². The molecule has 0 unspecified atom stereocenters. The SMILES string of the molecule is CNC(=O)c1ccc(-n2c(=O)c3c(n4nc(C)c(CC(C)C)c24)CN(C(=O)c2ccc(Br)c(C(F)(F)F)c2)[C@@H](C)C3)cc1. The molecular weight excluding hydrogens is 627 g/mol. The lowest BCUT2D eigenvalue weighted by molar-refractivity contribution is -0.138. The zero-order valence-corrected chi connectivity index (χ0v) is 25.9. The van der Waals surface area contributed by atoms with E-state index in [0.717, 1.165) is 17.3 Å². The summed E-state index contributed by atoms with van der Waals surface area (Å²) in [4.78, 5) is 41.5. The predicted octanol–water partition coefficient (Wildman–Crippen LogP) is 5.72. The average Bonchev–Trinajstić information content (AvgIpc) is 3.26. The molecule has 1 N–H and O–H groups in total. The van der Waals surface area contributed by atoms with E-state index in [4.69, 9.17) is 5.10 Å². The number of fused-ring (bicyclic) bond motifs is 3. The van der Waals surface area contributed by atoms with Crippen LogP contribution in [0.15, 0.2) is 51.7 Å². The summed E-state index contributed by atoms with van der Waals surface area (Å²) in [6, 6.07) is 9.69. The standard InChI is InChI=1S/C31H31BrF3N5O3/c1-16(2)12-22-18(4)37-40-26-15-38(29(42)20-8-11-25(32)24(14-20)31(33,34)35)17(3)13-23(26)30(43)39(28(22)40)21-9-6-19(7-10-21)27(41)36-5/h6-11,14,16-17H,12-13,15H2,1-5H3,(H,36,41)/t17-/m0/s1. The zero-order chi connectivity index (χ0) is 31.4. The molecule has 43 heavy (non-hydrogen) atoms. The van der Waals surface area contributed by atoms with Gasteiger partial charge in [-0.15, -0.1) is 0 Å². The van der Waals surface area contributed by atoms with Crippen LogP contribution in [-0.2, 0) is 25.6 Å². The van der Waals surface area contributed by atoms with E-state index in [-0.39, 0.29) is 40.4 Å². The maximum Gasteiger partial charge on any atom is 0.417 e. The fraction of sp³-hybridized carbons (Fsp3) is 0.355. The molecular formula is C31H31BrF3N5O3. The summed E-state index contributed by atoms with van der Waals surface area (Å²) in [5.41, 5.74) is 2.90. The molecule has 8 nitrogen and oxygen atoms in total. The van der Waals surface area contributed by atoms with E-state index in [1.54, 1.807) is 47.3 Å². The Labute approximate surface area is 254 Å². The molecule has 226 valence electrons. The smallest absolute Gasteiger partial charge is 0.355 e. The van der Waals surface area contributed by atoms with Gasteiger partial charge in [0.2, 0.25) is 0 Å². The van der Waals surface area contributed by atoms with E-state index >= 15 is 0 Å². The average molecular weight is 659 g/mol. The molecule has 4 aromatic rings. The normalized spacial score (nSPS) is 15.2. The number of amides is 2. The van der Waals surface area contributed by atoms with Gasteiger partial charge in [-0.3, -0.25) is 19.0 Å². The number of hydrogen-bond acceptors (Lipinski definition) is 4.